The number of furan rings is 1. The number of carbonyl (C=O) groups is 1. The molecular weight excluding hydrogens is 274 g/mol. The highest BCUT2D eigenvalue weighted by Crippen LogP contribution is 2.18. The number of aromatic nitrogens is 2. The van der Waals surface area contributed by atoms with E-state index < -0.39 is 5.76 Å². The average molecular weight is 285 g/mol. The SMILES string of the molecule is Cc1ccc(C(=O)Nc2ccc(-c3noc(=O)[nH]3)cc2)o1. The van der Waals surface area contributed by atoms with Crippen LogP contribution in [0.4, 0.5) is 5.69 Å². The third kappa shape index (κ3) is 2.76. The number of aromatic amines is 1. The fourth-order valence-electron chi connectivity index (χ4n) is 1.81. The zero-order chi connectivity index (χ0) is 14.8. The molecule has 1 aromatic carbocycles. The van der Waals surface area contributed by atoms with Gasteiger partial charge >= 0.3 is 5.76 Å². The smallest absolute Gasteiger partial charge is 0.439 e. The molecule has 3 rings (SSSR count). The molecule has 0 radical (unpaired) electrons. The van der Waals surface area contributed by atoms with E-state index in [9.17, 15) is 9.59 Å². The van der Waals surface area contributed by atoms with Gasteiger partial charge < -0.3 is 9.73 Å². The van der Waals surface area contributed by atoms with Crippen LogP contribution < -0.4 is 11.1 Å². The average Bonchev–Trinajstić information content (AvgIpc) is 3.08. The lowest BCUT2D eigenvalue weighted by Crippen LogP contribution is -2.10. The van der Waals surface area contributed by atoms with Crippen LogP contribution in [0.3, 0.4) is 0 Å². The number of hydrogen-bond donors (Lipinski definition) is 2. The normalized spacial score (nSPS) is 10.5. The number of nitrogens with zero attached hydrogens (tertiary/aromatic N) is 1. The molecule has 106 valence electrons. The monoisotopic (exact) mass is 285 g/mol. The van der Waals surface area contributed by atoms with Crippen LogP contribution in [0.1, 0.15) is 16.3 Å². The lowest BCUT2D eigenvalue weighted by Gasteiger charge is -2.03. The Morgan fingerprint density at radius 3 is 2.52 bits per heavy atom. The first-order valence-corrected chi connectivity index (χ1v) is 6.16. The Kier molecular flexibility index (Phi) is 3.15. The number of H-pyrrole nitrogens is 1. The van der Waals surface area contributed by atoms with Gasteiger partial charge in [-0.25, -0.2) is 4.79 Å². The minimum Gasteiger partial charge on any atom is -0.456 e. The molecule has 0 saturated carbocycles. The standard InChI is InChI=1S/C14H11N3O4/c1-8-2-7-11(20-8)13(18)15-10-5-3-9(4-6-10)12-16-14(19)21-17-12/h2-7H,1H3,(H,15,18)(H,16,17,19). The molecule has 7 heteroatoms. The van der Waals surface area contributed by atoms with Gasteiger partial charge in [-0.2, -0.15) is 0 Å². The number of benzene rings is 1. The molecule has 0 atom stereocenters. The Balaban J connectivity index is 1.75. The summed E-state index contributed by atoms with van der Waals surface area (Å²) in [6, 6.07) is 10.1. The summed E-state index contributed by atoms with van der Waals surface area (Å²) >= 11 is 0. The zero-order valence-electron chi connectivity index (χ0n) is 11.0. The van der Waals surface area contributed by atoms with Gasteiger partial charge in [-0.15, -0.1) is 0 Å². The summed E-state index contributed by atoms with van der Waals surface area (Å²) in [5.41, 5.74) is 1.27. The van der Waals surface area contributed by atoms with Crippen LogP contribution in [-0.2, 0) is 0 Å². The topological polar surface area (TPSA) is 101 Å². The van der Waals surface area contributed by atoms with E-state index >= 15 is 0 Å². The van der Waals surface area contributed by atoms with Crippen molar-refractivity contribution in [3.63, 3.8) is 0 Å². The summed E-state index contributed by atoms with van der Waals surface area (Å²) in [6.07, 6.45) is 0. The third-order valence-corrected chi connectivity index (χ3v) is 2.82. The number of hydrogen-bond acceptors (Lipinski definition) is 5. The lowest BCUT2D eigenvalue weighted by molar-refractivity contribution is 0.0995. The van der Waals surface area contributed by atoms with E-state index in [0.29, 0.717) is 22.8 Å². The van der Waals surface area contributed by atoms with Gasteiger partial charge in [0, 0.05) is 11.3 Å². The van der Waals surface area contributed by atoms with E-state index in [2.05, 4.69) is 20.0 Å². The molecule has 2 N–H and O–H groups in total. The van der Waals surface area contributed by atoms with Gasteiger partial charge in [-0.05, 0) is 43.3 Å². The third-order valence-electron chi connectivity index (χ3n) is 2.82. The first-order chi connectivity index (χ1) is 10.1. The second-order valence-corrected chi connectivity index (χ2v) is 4.39. The number of amides is 1. The first-order valence-electron chi connectivity index (χ1n) is 6.16. The minimum atomic E-state index is -0.615. The van der Waals surface area contributed by atoms with Crippen LogP contribution in [-0.4, -0.2) is 16.0 Å². The Hall–Kier alpha value is -3.09. The molecule has 0 bridgehead atoms. The molecular formula is C14H11N3O4. The van der Waals surface area contributed by atoms with Gasteiger partial charge in [0.25, 0.3) is 5.91 Å². The Morgan fingerprint density at radius 1 is 1.19 bits per heavy atom. The maximum Gasteiger partial charge on any atom is 0.439 e. The molecule has 0 aliphatic heterocycles. The molecule has 3 aromatic rings. The van der Waals surface area contributed by atoms with Crippen LogP contribution in [0, 0.1) is 6.92 Å². The molecule has 2 heterocycles. The summed E-state index contributed by atoms with van der Waals surface area (Å²) in [5, 5.41) is 6.29. The maximum atomic E-state index is 11.9. The first kappa shape index (κ1) is 12.9. The molecule has 1 amide bonds. The molecule has 21 heavy (non-hydrogen) atoms. The van der Waals surface area contributed by atoms with Crippen LogP contribution >= 0.6 is 0 Å². The number of nitrogens with one attached hydrogen (secondary N) is 2. The molecule has 7 nitrogen and oxygen atoms in total. The Morgan fingerprint density at radius 2 is 1.95 bits per heavy atom. The highest BCUT2D eigenvalue weighted by Gasteiger charge is 2.10. The molecule has 0 unspecified atom stereocenters. The van der Waals surface area contributed by atoms with Crippen molar-refractivity contribution < 1.29 is 13.7 Å². The minimum absolute atomic E-state index is 0.248. The summed E-state index contributed by atoms with van der Waals surface area (Å²) < 4.78 is 9.67. The van der Waals surface area contributed by atoms with E-state index in [1.165, 1.54) is 0 Å². The fourth-order valence-corrected chi connectivity index (χ4v) is 1.81. The highest BCUT2D eigenvalue weighted by molar-refractivity contribution is 6.02. The van der Waals surface area contributed by atoms with Gasteiger partial charge in [0.1, 0.15) is 5.76 Å². The number of aryl methyl sites for hydroxylation is 1. The number of rotatable bonds is 3. The van der Waals surface area contributed by atoms with Crippen molar-refractivity contribution in [2.75, 3.05) is 5.32 Å². The van der Waals surface area contributed by atoms with Crippen molar-refractivity contribution in [2.45, 2.75) is 6.92 Å². The van der Waals surface area contributed by atoms with Crippen molar-refractivity contribution in [2.24, 2.45) is 0 Å². The van der Waals surface area contributed by atoms with E-state index in [-0.39, 0.29) is 11.7 Å². The van der Waals surface area contributed by atoms with Crippen molar-refractivity contribution >= 4 is 11.6 Å². The Labute approximate surface area is 118 Å². The quantitative estimate of drug-likeness (QED) is 0.768. The maximum absolute atomic E-state index is 11.9. The molecule has 0 aliphatic carbocycles. The summed E-state index contributed by atoms with van der Waals surface area (Å²) in [6.45, 7) is 1.77. The number of anilines is 1. The molecule has 0 saturated heterocycles. The lowest BCUT2D eigenvalue weighted by atomic mass is 10.2. The van der Waals surface area contributed by atoms with Crippen molar-refractivity contribution in [1.29, 1.82) is 0 Å². The van der Waals surface area contributed by atoms with Gasteiger partial charge in [-0.1, -0.05) is 5.16 Å². The van der Waals surface area contributed by atoms with Crippen LogP contribution in [0.2, 0.25) is 0 Å². The van der Waals surface area contributed by atoms with E-state index in [4.69, 9.17) is 4.42 Å². The summed E-state index contributed by atoms with van der Waals surface area (Å²) in [7, 11) is 0. The van der Waals surface area contributed by atoms with Gasteiger partial charge in [0.05, 0.1) is 0 Å². The molecule has 0 aliphatic rings. The summed E-state index contributed by atoms with van der Waals surface area (Å²) in [4.78, 5) is 25.2. The number of carbonyl (C=O) groups excluding carboxylic acids is 1. The van der Waals surface area contributed by atoms with Crippen molar-refractivity contribution in [3.8, 4) is 11.4 Å². The zero-order valence-corrected chi connectivity index (χ0v) is 11.0. The predicted octanol–water partition coefficient (Wildman–Crippen LogP) is 2.18. The summed E-state index contributed by atoms with van der Waals surface area (Å²) in [5.74, 6) is 0.309. The van der Waals surface area contributed by atoms with Crippen LogP contribution in [0.5, 0.6) is 0 Å². The van der Waals surface area contributed by atoms with Gasteiger partial charge in [0.15, 0.2) is 11.6 Å². The van der Waals surface area contributed by atoms with Crippen molar-refractivity contribution in [1.82, 2.24) is 10.1 Å². The fraction of sp³-hybridized carbons (Fsp3) is 0.0714. The van der Waals surface area contributed by atoms with Crippen molar-refractivity contribution in [3.05, 3.63) is 58.5 Å². The largest absolute Gasteiger partial charge is 0.456 e. The predicted molar refractivity (Wildman–Crippen MR) is 74.0 cm³/mol. The molecule has 2 aromatic heterocycles. The second kappa shape index (κ2) is 5.12. The van der Waals surface area contributed by atoms with Crippen LogP contribution in [0.25, 0.3) is 11.4 Å². The van der Waals surface area contributed by atoms with Crippen LogP contribution in [0.15, 0.2) is 50.1 Å². The van der Waals surface area contributed by atoms with E-state index in [1.807, 2.05) is 0 Å². The Bertz CT molecular complexity index is 826. The second-order valence-electron chi connectivity index (χ2n) is 4.39. The van der Waals surface area contributed by atoms with E-state index in [0.717, 1.165) is 0 Å². The molecule has 0 fully saturated rings. The van der Waals surface area contributed by atoms with E-state index in [1.54, 1.807) is 43.3 Å². The molecule has 0 spiro atoms. The van der Waals surface area contributed by atoms with Gasteiger partial charge in [0.2, 0.25) is 0 Å². The van der Waals surface area contributed by atoms with Gasteiger partial charge in [-0.3, -0.25) is 14.3 Å². The highest BCUT2D eigenvalue weighted by atomic mass is 16.5.